The Labute approximate surface area is 209 Å². The van der Waals surface area contributed by atoms with Crippen LogP contribution in [-0.4, -0.2) is 46.5 Å². The third-order valence-electron chi connectivity index (χ3n) is 5.77. The number of hydrogen-bond acceptors (Lipinski definition) is 6. The first-order valence-electron chi connectivity index (χ1n) is 11.5. The van der Waals surface area contributed by atoms with Crippen LogP contribution in [0.15, 0.2) is 58.8 Å². The molecule has 0 bridgehead atoms. The molecular weight excluding hydrogens is 467 g/mol. The van der Waals surface area contributed by atoms with Gasteiger partial charge in [0.25, 0.3) is 5.89 Å². The molecule has 9 heteroatoms. The molecule has 1 aromatic heterocycles. The van der Waals surface area contributed by atoms with Crippen molar-refractivity contribution in [3.05, 3.63) is 71.5 Å². The molecule has 0 aliphatic carbocycles. The molecule has 0 amide bonds. The maximum absolute atomic E-state index is 14.3. The Bertz CT molecular complexity index is 1210. The van der Waals surface area contributed by atoms with E-state index in [0.717, 1.165) is 23.3 Å². The van der Waals surface area contributed by atoms with E-state index in [1.54, 1.807) is 12.1 Å². The van der Waals surface area contributed by atoms with Crippen molar-refractivity contribution in [2.45, 2.75) is 39.3 Å². The summed E-state index contributed by atoms with van der Waals surface area (Å²) in [5, 5.41) is 8.20. The maximum Gasteiger partial charge on any atom is 0.258 e. The Morgan fingerprint density at radius 3 is 2.66 bits per heavy atom. The van der Waals surface area contributed by atoms with E-state index in [1.807, 2.05) is 56.0 Å². The second-order valence-corrected chi connectivity index (χ2v) is 8.88. The number of thiocarbonyl (C=S) groups is 1. The lowest BCUT2D eigenvalue weighted by molar-refractivity contribution is 0.0749. The molecule has 0 radical (unpaired) electrons. The van der Waals surface area contributed by atoms with E-state index in [-0.39, 0.29) is 17.9 Å². The van der Waals surface area contributed by atoms with E-state index in [0.29, 0.717) is 35.5 Å². The first-order chi connectivity index (χ1) is 16.9. The number of rotatable bonds is 9. The minimum absolute atomic E-state index is 0.155. The van der Waals surface area contributed by atoms with Crippen LogP contribution in [0.4, 0.5) is 4.39 Å². The Hall–Kier alpha value is -3.30. The highest BCUT2D eigenvalue weighted by molar-refractivity contribution is 7.80. The third kappa shape index (κ3) is 5.52. The molecule has 35 heavy (non-hydrogen) atoms. The molecule has 1 N–H and O–H groups in total. The van der Waals surface area contributed by atoms with Crippen molar-refractivity contribution in [1.29, 1.82) is 0 Å². The molecule has 4 rings (SSSR count). The number of nitrogens with one attached hydrogen (secondary N) is 1. The minimum Gasteiger partial charge on any atom is -0.494 e. The number of methoxy groups -OCH3 is 1. The van der Waals surface area contributed by atoms with E-state index < -0.39 is 5.82 Å². The molecule has 1 aliphatic rings. The van der Waals surface area contributed by atoms with Gasteiger partial charge in [-0.15, -0.1) is 0 Å². The van der Waals surface area contributed by atoms with Crippen LogP contribution in [0.1, 0.15) is 44.7 Å². The average molecular weight is 497 g/mol. The predicted molar refractivity (Wildman–Crippen MR) is 136 cm³/mol. The normalized spacial score (nSPS) is 16.1. The Kier molecular flexibility index (Phi) is 7.77. The molecule has 0 saturated carbocycles. The zero-order chi connectivity index (χ0) is 24.9. The zero-order valence-corrected chi connectivity index (χ0v) is 21.1. The number of halogens is 1. The van der Waals surface area contributed by atoms with Crippen LogP contribution in [-0.2, 0) is 4.74 Å². The first-order valence-corrected chi connectivity index (χ1v) is 11.9. The number of allylic oxidation sites excluding steroid dienone is 1. The number of ether oxygens (including phenoxy) is 2. The molecule has 0 spiro atoms. The summed E-state index contributed by atoms with van der Waals surface area (Å²) in [5.74, 6) is 0.301. The van der Waals surface area contributed by atoms with Crippen LogP contribution in [0.3, 0.4) is 0 Å². The van der Waals surface area contributed by atoms with E-state index in [1.165, 1.54) is 13.2 Å². The van der Waals surface area contributed by atoms with E-state index in [4.69, 9.17) is 26.2 Å². The lowest BCUT2D eigenvalue weighted by Gasteiger charge is -2.37. The van der Waals surface area contributed by atoms with Crippen LogP contribution in [0.2, 0.25) is 0 Å². The largest absolute Gasteiger partial charge is 0.494 e. The molecule has 1 aliphatic heterocycles. The van der Waals surface area contributed by atoms with Gasteiger partial charge in [0, 0.05) is 24.4 Å². The number of hydrogen-bond donors (Lipinski definition) is 1. The smallest absolute Gasteiger partial charge is 0.258 e. The molecule has 2 heterocycles. The molecule has 7 nitrogen and oxygen atoms in total. The summed E-state index contributed by atoms with van der Waals surface area (Å²) in [6.07, 6.45) is 0.983. The van der Waals surface area contributed by atoms with Gasteiger partial charge in [0.2, 0.25) is 5.82 Å². The van der Waals surface area contributed by atoms with Crippen molar-refractivity contribution in [2.75, 3.05) is 20.3 Å². The summed E-state index contributed by atoms with van der Waals surface area (Å²) in [7, 11) is 1.42. The highest BCUT2D eigenvalue weighted by atomic mass is 32.1. The molecule has 3 aromatic rings. The highest BCUT2D eigenvalue weighted by Crippen LogP contribution is 2.37. The van der Waals surface area contributed by atoms with Gasteiger partial charge < -0.3 is 24.2 Å². The van der Waals surface area contributed by atoms with Gasteiger partial charge in [-0.2, -0.15) is 4.98 Å². The van der Waals surface area contributed by atoms with Gasteiger partial charge in [0.1, 0.15) is 0 Å². The SMILES string of the molecule is COc1ccc(-c2noc(C3=C(C)N(CCCOC(C)C)C(=S)NC3c3ccccc3)n2)cc1F. The fourth-order valence-corrected chi connectivity index (χ4v) is 4.37. The third-order valence-corrected chi connectivity index (χ3v) is 6.11. The van der Waals surface area contributed by atoms with Gasteiger partial charge in [0.15, 0.2) is 16.7 Å². The lowest BCUT2D eigenvalue weighted by Crippen LogP contribution is -2.46. The van der Waals surface area contributed by atoms with Crippen LogP contribution >= 0.6 is 12.2 Å². The van der Waals surface area contributed by atoms with Gasteiger partial charge >= 0.3 is 0 Å². The summed E-state index contributed by atoms with van der Waals surface area (Å²) in [4.78, 5) is 6.66. The van der Waals surface area contributed by atoms with E-state index >= 15 is 0 Å². The predicted octanol–water partition coefficient (Wildman–Crippen LogP) is 5.36. The van der Waals surface area contributed by atoms with Crippen molar-refractivity contribution in [3.8, 4) is 17.1 Å². The monoisotopic (exact) mass is 496 g/mol. The summed E-state index contributed by atoms with van der Waals surface area (Å²) in [5.41, 5.74) is 3.25. The second-order valence-electron chi connectivity index (χ2n) is 8.49. The van der Waals surface area contributed by atoms with Gasteiger partial charge in [-0.3, -0.25) is 0 Å². The summed E-state index contributed by atoms with van der Waals surface area (Å²) >= 11 is 5.72. The van der Waals surface area contributed by atoms with Gasteiger partial charge in [-0.1, -0.05) is 35.5 Å². The van der Waals surface area contributed by atoms with Crippen LogP contribution in [0, 0.1) is 5.82 Å². The average Bonchev–Trinajstić information content (AvgIpc) is 3.33. The minimum atomic E-state index is -0.492. The molecule has 0 saturated heterocycles. The van der Waals surface area contributed by atoms with Crippen LogP contribution in [0.5, 0.6) is 5.75 Å². The molecule has 2 aromatic carbocycles. The Balaban J connectivity index is 1.70. The fraction of sp³-hybridized carbons (Fsp3) is 0.346. The molecular formula is C26H29FN4O3S. The Morgan fingerprint density at radius 1 is 1.20 bits per heavy atom. The van der Waals surface area contributed by atoms with Crippen molar-refractivity contribution >= 4 is 22.9 Å². The molecule has 1 atom stereocenters. The van der Waals surface area contributed by atoms with Crippen molar-refractivity contribution in [1.82, 2.24) is 20.4 Å². The number of aromatic nitrogens is 2. The highest BCUT2D eigenvalue weighted by Gasteiger charge is 2.33. The quantitative estimate of drug-likeness (QED) is 0.314. The van der Waals surface area contributed by atoms with Crippen LogP contribution < -0.4 is 10.1 Å². The number of benzene rings is 2. The van der Waals surface area contributed by atoms with Crippen LogP contribution in [0.25, 0.3) is 17.0 Å². The summed E-state index contributed by atoms with van der Waals surface area (Å²) < 4.78 is 30.7. The molecule has 0 fully saturated rings. The topological polar surface area (TPSA) is 72.7 Å². The van der Waals surface area contributed by atoms with Gasteiger partial charge in [-0.05, 0) is 63.2 Å². The molecule has 184 valence electrons. The first kappa shape index (κ1) is 24.8. The maximum atomic E-state index is 14.3. The fourth-order valence-electron chi connectivity index (χ4n) is 4.02. The summed E-state index contributed by atoms with van der Waals surface area (Å²) in [6.45, 7) is 7.35. The second kappa shape index (κ2) is 11.0. The number of nitrogens with zero attached hydrogens (tertiary/aromatic N) is 3. The van der Waals surface area contributed by atoms with Gasteiger partial charge in [-0.25, -0.2) is 4.39 Å². The van der Waals surface area contributed by atoms with Crippen molar-refractivity contribution < 1.29 is 18.4 Å². The standard InChI is InChI=1S/C26H29FN4O3S/c1-16(2)33-14-8-13-31-17(3)22(23(28-26(31)35)18-9-6-5-7-10-18)25-29-24(30-34-25)19-11-12-21(32-4)20(27)15-19/h5-7,9-12,15-16,23H,8,13-14H2,1-4H3,(H,28,35). The van der Waals surface area contributed by atoms with Crippen molar-refractivity contribution in [2.24, 2.45) is 0 Å². The summed E-state index contributed by atoms with van der Waals surface area (Å²) in [6, 6.07) is 14.3. The molecule has 1 unspecified atom stereocenters. The van der Waals surface area contributed by atoms with E-state index in [9.17, 15) is 4.39 Å². The van der Waals surface area contributed by atoms with Crippen molar-refractivity contribution in [3.63, 3.8) is 0 Å². The zero-order valence-electron chi connectivity index (χ0n) is 20.2. The Morgan fingerprint density at radius 2 is 1.97 bits per heavy atom. The lowest BCUT2D eigenvalue weighted by atomic mass is 9.95. The van der Waals surface area contributed by atoms with E-state index in [2.05, 4.69) is 15.5 Å². The van der Waals surface area contributed by atoms with Gasteiger partial charge in [0.05, 0.1) is 24.8 Å².